The largest absolute Gasteiger partial charge is 0.478 e. The molecule has 128 valence electrons. The Morgan fingerprint density at radius 2 is 1.64 bits per heavy atom. The zero-order valence-electron chi connectivity index (χ0n) is 14.2. The Morgan fingerprint density at radius 3 is 2.20 bits per heavy atom. The van der Waals surface area contributed by atoms with E-state index in [-0.39, 0.29) is 0 Å². The van der Waals surface area contributed by atoms with Crippen LogP contribution in [0.25, 0.3) is 0 Å². The van der Waals surface area contributed by atoms with Gasteiger partial charge in [0.25, 0.3) is 0 Å². The molecule has 3 nitrogen and oxygen atoms in total. The zero-order chi connectivity index (χ0) is 17.5. The van der Waals surface area contributed by atoms with E-state index in [2.05, 4.69) is 65.7 Å². The van der Waals surface area contributed by atoms with Gasteiger partial charge in [-0.15, -0.1) is 0 Å². The van der Waals surface area contributed by atoms with Crippen LogP contribution in [-0.2, 0) is 4.79 Å². The van der Waals surface area contributed by atoms with E-state index in [1.807, 2.05) is 18.2 Å². The molecule has 1 heterocycles. The number of hydrogen-bond donors (Lipinski definition) is 1. The maximum atomic E-state index is 11.1. The van der Waals surface area contributed by atoms with Gasteiger partial charge in [0.05, 0.1) is 5.57 Å². The summed E-state index contributed by atoms with van der Waals surface area (Å²) in [7, 11) is 0. The highest BCUT2D eigenvalue weighted by Gasteiger charge is 2.15. The molecule has 0 saturated heterocycles. The fraction of sp³-hybridized carbons (Fsp3) is 0.227. The van der Waals surface area contributed by atoms with E-state index in [4.69, 9.17) is 5.11 Å². The molecule has 3 heteroatoms. The van der Waals surface area contributed by atoms with Gasteiger partial charge in [-0.1, -0.05) is 72.8 Å². The number of nitrogens with zero attached hydrogens (tertiary/aromatic N) is 1. The van der Waals surface area contributed by atoms with Crippen LogP contribution in [-0.4, -0.2) is 29.1 Å². The van der Waals surface area contributed by atoms with E-state index >= 15 is 0 Å². The summed E-state index contributed by atoms with van der Waals surface area (Å²) < 4.78 is 0. The third-order valence-electron chi connectivity index (χ3n) is 4.55. The summed E-state index contributed by atoms with van der Waals surface area (Å²) in [5, 5.41) is 9.15. The highest BCUT2D eigenvalue weighted by atomic mass is 16.4. The standard InChI is InChI=1S/C22H23NO2/c24-22(25)20-13-7-15-23(17-20)16-8-14-21(18-9-3-1-4-10-18)19-11-5-2-6-12-19/h1-6,8-13,16,21H,7,14-15,17H2,(H,24,25). The molecule has 0 atom stereocenters. The Hall–Kier alpha value is -2.81. The highest BCUT2D eigenvalue weighted by Crippen LogP contribution is 2.28. The lowest BCUT2D eigenvalue weighted by molar-refractivity contribution is -0.133. The first kappa shape index (κ1) is 17.0. The first-order chi connectivity index (χ1) is 12.2. The third-order valence-corrected chi connectivity index (χ3v) is 4.55. The second kappa shape index (κ2) is 8.34. The van der Waals surface area contributed by atoms with E-state index in [1.54, 1.807) is 0 Å². The van der Waals surface area contributed by atoms with Crippen molar-refractivity contribution < 1.29 is 9.90 Å². The van der Waals surface area contributed by atoms with Gasteiger partial charge in [-0.2, -0.15) is 0 Å². The van der Waals surface area contributed by atoms with Gasteiger partial charge < -0.3 is 10.0 Å². The molecule has 1 N–H and O–H groups in total. The zero-order valence-corrected chi connectivity index (χ0v) is 14.2. The van der Waals surface area contributed by atoms with Gasteiger partial charge >= 0.3 is 5.97 Å². The minimum absolute atomic E-state index is 0.304. The second-order valence-electron chi connectivity index (χ2n) is 6.29. The van der Waals surface area contributed by atoms with Crippen molar-refractivity contribution >= 4 is 5.97 Å². The highest BCUT2D eigenvalue weighted by molar-refractivity contribution is 5.87. The Bertz CT molecular complexity index is 711. The molecule has 3 rings (SSSR count). The van der Waals surface area contributed by atoms with Gasteiger partial charge in [0, 0.05) is 19.0 Å². The lowest BCUT2D eigenvalue weighted by Gasteiger charge is -2.24. The summed E-state index contributed by atoms with van der Waals surface area (Å²) in [6.45, 7) is 1.35. The van der Waals surface area contributed by atoms with Crippen LogP contribution >= 0.6 is 0 Å². The smallest absolute Gasteiger partial charge is 0.333 e. The van der Waals surface area contributed by atoms with Crippen LogP contribution in [0.5, 0.6) is 0 Å². The van der Waals surface area contributed by atoms with Gasteiger partial charge in [-0.05, 0) is 30.2 Å². The SMILES string of the molecule is O=C(O)C1=CCCN(C=CCC(c2ccccc2)c2ccccc2)C1. The van der Waals surface area contributed by atoms with E-state index in [9.17, 15) is 4.79 Å². The van der Waals surface area contributed by atoms with Crippen molar-refractivity contribution in [2.24, 2.45) is 0 Å². The molecule has 2 aromatic rings. The topological polar surface area (TPSA) is 40.5 Å². The average molecular weight is 333 g/mol. The second-order valence-corrected chi connectivity index (χ2v) is 6.29. The molecule has 1 aliphatic heterocycles. The molecule has 25 heavy (non-hydrogen) atoms. The number of benzene rings is 2. The Labute approximate surface area is 148 Å². The molecule has 0 bridgehead atoms. The minimum Gasteiger partial charge on any atom is -0.478 e. The van der Waals surface area contributed by atoms with E-state index in [0.29, 0.717) is 18.0 Å². The van der Waals surface area contributed by atoms with E-state index in [0.717, 1.165) is 19.4 Å². The van der Waals surface area contributed by atoms with Gasteiger partial charge in [-0.3, -0.25) is 0 Å². The fourth-order valence-electron chi connectivity index (χ4n) is 3.23. The van der Waals surface area contributed by atoms with E-state index < -0.39 is 5.97 Å². The maximum absolute atomic E-state index is 11.1. The van der Waals surface area contributed by atoms with Crippen LogP contribution in [0.4, 0.5) is 0 Å². The van der Waals surface area contributed by atoms with Gasteiger partial charge in [0.1, 0.15) is 0 Å². The van der Waals surface area contributed by atoms with E-state index in [1.165, 1.54) is 11.1 Å². The quantitative estimate of drug-likeness (QED) is 0.849. The monoisotopic (exact) mass is 333 g/mol. The maximum Gasteiger partial charge on any atom is 0.333 e. The lowest BCUT2D eigenvalue weighted by atomic mass is 9.88. The van der Waals surface area contributed by atoms with Gasteiger partial charge in [-0.25, -0.2) is 4.79 Å². The van der Waals surface area contributed by atoms with Crippen LogP contribution in [0.2, 0.25) is 0 Å². The summed E-state index contributed by atoms with van der Waals surface area (Å²) in [5.41, 5.74) is 3.07. The molecular formula is C22H23NO2. The van der Waals surface area contributed by atoms with Crippen LogP contribution in [0.1, 0.15) is 29.9 Å². The minimum atomic E-state index is -0.815. The first-order valence-corrected chi connectivity index (χ1v) is 8.67. The number of carboxylic acids is 1. The van der Waals surface area contributed by atoms with Crippen LogP contribution in [0.3, 0.4) is 0 Å². The Kier molecular flexibility index (Phi) is 5.68. The third kappa shape index (κ3) is 4.60. The lowest BCUT2D eigenvalue weighted by Crippen LogP contribution is -2.27. The van der Waals surface area contributed by atoms with Crippen molar-refractivity contribution in [3.05, 3.63) is 95.7 Å². The van der Waals surface area contributed by atoms with Crippen molar-refractivity contribution in [3.8, 4) is 0 Å². The molecule has 0 unspecified atom stereocenters. The summed E-state index contributed by atoms with van der Waals surface area (Å²) in [6.07, 6.45) is 7.71. The molecule has 2 aromatic carbocycles. The van der Waals surface area contributed by atoms with Crippen molar-refractivity contribution in [1.29, 1.82) is 0 Å². The predicted molar refractivity (Wildman–Crippen MR) is 100 cm³/mol. The number of carboxylic acid groups (broad SMARTS) is 1. The van der Waals surface area contributed by atoms with Crippen molar-refractivity contribution in [1.82, 2.24) is 4.90 Å². The van der Waals surface area contributed by atoms with Crippen molar-refractivity contribution in [2.45, 2.75) is 18.8 Å². The average Bonchev–Trinajstić information content (AvgIpc) is 2.67. The summed E-state index contributed by atoms with van der Waals surface area (Å²) in [6, 6.07) is 21.0. The number of carbonyl (C=O) groups is 1. The number of aliphatic carboxylic acids is 1. The first-order valence-electron chi connectivity index (χ1n) is 8.67. The molecule has 0 spiro atoms. The fourth-order valence-corrected chi connectivity index (χ4v) is 3.23. The van der Waals surface area contributed by atoms with Crippen LogP contribution in [0.15, 0.2) is 84.6 Å². The number of rotatable bonds is 6. The molecule has 0 radical (unpaired) electrons. The molecule has 0 aliphatic carbocycles. The molecule has 0 amide bonds. The Balaban J connectivity index is 1.71. The predicted octanol–water partition coefficient (Wildman–Crippen LogP) is 4.44. The Morgan fingerprint density at radius 1 is 1.04 bits per heavy atom. The summed E-state index contributed by atoms with van der Waals surface area (Å²) in [5.74, 6) is -0.512. The van der Waals surface area contributed by atoms with Gasteiger partial charge in [0.15, 0.2) is 0 Å². The molecule has 1 aliphatic rings. The molecule has 0 fully saturated rings. The molecular weight excluding hydrogens is 310 g/mol. The van der Waals surface area contributed by atoms with Gasteiger partial charge in [0.2, 0.25) is 0 Å². The number of allylic oxidation sites excluding steroid dienone is 1. The summed E-state index contributed by atoms with van der Waals surface area (Å²) >= 11 is 0. The normalized spacial score (nSPS) is 14.8. The van der Waals surface area contributed by atoms with Crippen molar-refractivity contribution in [2.75, 3.05) is 13.1 Å². The van der Waals surface area contributed by atoms with Crippen LogP contribution in [0, 0.1) is 0 Å². The number of hydrogen-bond acceptors (Lipinski definition) is 2. The molecule has 0 aromatic heterocycles. The summed E-state index contributed by atoms with van der Waals surface area (Å²) in [4.78, 5) is 13.2. The van der Waals surface area contributed by atoms with Crippen LogP contribution < -0.4 is 0 Å². The van der Waals surface area contributed by atoms with Crippen molar-refractivity contribution in [3.63, 3.8) is 0 Å². The molecule has 0 saturated carbocycles.